The molecule has 0 aliphatic rings. The first kappa shape index (κ1) is 18.1. The summed E-state index contributed by atoms with van der Waals surface area (Å²) in [6.45, 7) is 0. The second-order valence-electron chi connectivity index (χ2n) is 5.87. The minimum Gasteiger partial charge on any atom is -0.399 e. The van der Waals surface area contributed by atoms with Gasteiger partial charge in [0.25, 0.3) is 5.60 Å². The lowest BCUT2D eigenvalue weighted by molar-refractivity contribution is -0.375. The normalized spacial score (nSPS) is 13.5. The van der Waals surface area contributed by atoms with Crippen molar-refractivity contribution in [2.75, 3.05) is 11.5 Å². The van der Waals surface area contributed by atoms with Gasteiger partial charge in [0.15, 0.2) is 0 Å². The van der Waals surface area contributed by atoms with E-state index in [-0.39, 0.29) is 5.39 Å². The molecule has 5 N–H and O–H groups in total. The standard InChI is InChI=1S/C17H12F6N2O/c18-16(19,20)15(26,17(21,22)23)13-6-5-10-11(14(13)25)4-2-8-1-3-9(24)7-12(8)10/h1-7,26H,24-25H2. The maximum absolute atomic E-state index is 13.1. The molecule has 0 spiro atoms. The van der Waals surface area contributed by atoms with Crippen LogP contribution in [0.2, 0.25) is 0 Å². The number of rotatable bonds is 1. The molecule has 3 aromatic carbocycles. The van der Waals surface area contributed by atoms with E-state index >= 15 is 0 Å². The third-order valence-electron chi connectivity index (χ3n) is 4.29. The number of aliphatic hydroxyl groups is 1. The van der Waals surface area contributed by atoms with Crippen LogP contribution in [0.1, 0.15) is 5.56 Å². The summed E-state index contributed by atoms with van der Waals surface area (Å²) in [4.78, 5) is 0. The molecule has 0 heterocycles. The largest absolute Gasteiger partial charge is 0.430 e. The zero-order chi connectivity index (χ0) is 19.5. The average Bonchev–Trinajstić information content (AvgIpc) is 2.52. The number of alkyl halides is 6. The van der Waals surface area contributed by atoms with Gasteiger partial charge in [-0.25, -0.2) is 0 Å². The Hall–Kier alpha value is -2.68. The lowest BCUT2D eigenvalue weighted by Crippen LogP contribution is -2.54. The van der Waals surface area contributed by atoms with E-state index in [0.29, 0.717) is 27.9 Å². The highest BCUT2D eigenvalue weighted by Crippen LogP contribution is 2.52. The van der Waals surface area contributed by atoms with Crippen molar-refractivity contribution in [3.8, 4) is 0 Å². The Kier molecular flexibility index (Phi) is 3.77. The summed E-state index contributed by atoms with van der Waals surface area (Å²) in [5.41, 5.74) is 4.36. The molecule has 0 unspecified atom stereocenters. The minimum atomic E-state index is -6.01. The van der Waals surface area contributed by atoms with Crippen LogP contribution in [-0.4, -0.2) is 17.5 Å². The molecule has 0 amide bonds. The molecule has 0 radical (unpaired) electrons. The summed E-state index contributed by atoms with van der Waals surface area (Å²) in [7, 11) is 0. The van der Waals surface area contributed by atoms with Gasteiger partial charge >= 0.3 is 12.4 Å². The van der Waals surface area contributed by atoms with E-state index in [0.717, 1.165) is 6.07 Å². The van der Waals surface area contributed by atoms with E-state index in [1.165, 1.54) is 18.2 Å². The molecular weight excluding hydrogens is 362 g/mol. The highest BCUT2D eigenvalue weighted by atomic mass is 19.4. The lowest BCUT2D eigenvalue weighted by atomic mass is 9.87. The number of fused-ring (bicyclic) bond motifs is 3. The molecule has 0 fully saturated rings. The highest BCUT2D eigenvalue weighted by Gasteiger charge is 2.72. The number of hydrogen-bond donors (Lipinski definition) is 3. The molecule has 3 aromatic rings. The Morgan fingerprint density at radius 2 is 1.23 bits per heavy atom. The molecule has 9 heteroatoms. The molecule has 3 rings (SSSR count). The van der Waals surface area contributed by atoms with Crippen molar-refractivity contribution in [2.45, 2.75) is 18.0 Å². The summed E-state index contributed by atoms with van der Waals surface area (Å²) in [6.07, 6.45) is -12.0. The van der Waals surface area contributed by atoms with Crippen molar-refractivity contribution in [1.29, 1.82) is 0 Å². The van der Waals surface area contributed by atoms with Crippen LogP contribution < -0.4 is 11.5 Å². The molecule has 0 atom stereocenters. The summed E-state index contributed by atoms with van der Waals surface area (Å²) in [6, 6.07) is 9.22. The minimum absolute atomic E-state index is 0.0486. The molecule has 3 nitrogen and oxygen atoms in total. The molecule has 0 saturated heterocycles. The third kappa shape index (κ3) is 2.42. The lowest BCUT2D eigenvalue weighted by Gasteiger charge is -2.33. The second kappa shape index (κ2) is 5.41. The van der Waals surface area contributed by atoms with Crippen molar-refractivity contribution >= 4 is 32.9 Å². The Morgan fingerprint density at radius 1 is 0.692 bits per heavy atom. The van der Waals surface area contributed by atoms with Crippen LogP contribution in [0.4, 0.5) is 37.7 Å². The second-order valence-corrected chi connectivity index (χ2v) is 5.87. The maximum Gasteiger partial charge on any atom is 0.430 e. The van der Waals surface area contributed by atoms with Crippen LogP contribution in [0.25, 0.3) is 21.5 Å². The van der Waals surface area contributed by atoms with Gasteiger partial charge in [0.05, 0.1) is 0 Å². The van der Waals surface area contributed by atoms with Crippen molar-refractivity contribution in [3.63, 3.8) is 0 Å². The molecular formula is C17H12F6N2O. The number of benzene rings is 3. The highest BCUT2D eigenvalue weighted by molar-refractivity contribution is 6.12. The van der Waals surface area contributed by atoms with E-state index < -0.39 is 29.2 Å². The van der Waals surface area contributed by atoms with Crippen LogP contribution in [0.5, 0.6) is 0 Å². The fraction of sp³-hybridized carbons (Fsp3) is 0.176. The van der Waals surface area contributed by atoms with Crippen molar-refractivity contribution in [1.82, 2.24) is 0 Å². The zero-order valence-electron chi connectivity index (χ0n) is 12.9. The molecule has 0 aliphatic carbocycles. The number of anilines is 2. The molecule has 0 bridgehead atoms. The molecule has 0 aliphatic heterocycles. The van der Waals surface area contributed by atoms with Gasteiger partial charge < -0.3 is 16.6 Å². The average molecular weight is 374 g/mol. The maximum atomic E-state index is 13.1. The van der Waals surface area contributed by atoms with Gasteiger partial charge in [0, 0.05) is 22.3 Å². The summed E-state index contributed by atoms with van der Waals surface area (Å²) in [5, 5.41) is 11.1. The van der Waals surface area contributed by atoms with Gasteiger partial charge in [0.1, 0.15) is 0 Å². The van der Waals surface area contributed by atoms with Gasteiger partial charge in [-0.3, -0.25) is 0 Å². The van der Waals surface area contributed by atoms with Crippen LogP contribution in [-0.2, 0) is 5.60 Å². The van der Waals surface area contributed by atoms with Crippen LogP contribution >= 0.6 is 0 Å². The smallest absolute Gasteiger partial charge is 0.399 e. The monoisotopic (exact) mass is 374 g/mol. The summed E-state index contributed by atoms with van der Waals surface area (Å²) in [5.74, 6) is 0. The summed E-state index contributed by atoms with van der Waals surface area (Å²) >= 11 is 0. The van der Waals surface area contributed by atoms with Crippen LogP contribution in [0.3, 0.4) is 0 Å². The van der Waals surface area contributed by atoms with E-state index in [4.69, 9.17) is 11.5 Å². The Morgan fingerprint density at radius 3 is 1.81 bits per heavy atom. The summed E-state index contributed by atoms with van der Waals surface area (Å²) < 4.78 is 78.8. The fourth-order valence-electron chi connectivity index (χ4n) is 2.96. The molecule has 26 heavy (non-hydrogen) atoms. The van der Waals surface area contributed by atoms with Crippen LogP contribution in [0, 0.1) is 0 Å². The number of nitrogens with two attached hydrogens (primary N) is 2. The number of nitrogen functional groups attached to an aromatic ring is 2. The van der Waals surface area contributed by atoms with Crippen molar-refractivity contribution in [2.24, 2.45) is 0 Å². The van der Waals surface area contributed by atoms with E-state index in [1.807, 2.05) is 0 Å². The topological polar surface area (TPSA) is 72.3 Å². The van der Waals surface area contributed by atoms with Gasteiger partial charge in [-0.1, -0.05) is 30.3 Å². The predicted octanol–water partition coefficient (Wildman–Crippen LogP) is 4.47. The van der Waals surface area contributed by atoms with Crippen LogP contribution in [0.15, 0.2) is 42.5 Å². The van der Waals surface area contributed by atoms with Gasteiger partial charge in [-0.15, -0.1) is 0 Å². The quantitative estimate of drug-likeness (QED) is 0.334. The first-order chi connectivity index (χ1) is 11.9. The van der Waals surface area contributed by atoms with E-state index in [1.54, 1.807) is 12.1 Å². The Labute approximate surface area is 142 Å². The van der Waals surface area contributed by atoms with Gasteiger partial charge in [0.2, 0.25) is 0 Å². The number of hydrogen-bond acceptors (Lipinski definition) is 3. The van der Waals surface area contributed by atoms with Gasteiger partial charge in [-0.2, -0.15) is 26.3 Å². The van der Waals surface area contributed by atoms with Crippen molar-refractivity contribution in [3.05, 3.63) is 48.0 Å². The SMILES string of the molecule is Nc1ccc2ccc3c(N)c(C(O)(C(F)(F)F)C(F)(F)F)ccc3c2c1. The first-order valence-corrected chi connectivity index (χ1v) is 7.24. The molecule has 0 aromatic heterocycles. The predicted molar refractivity (Wildman–Crippen MR) is 86.3 cm³/mol. The van der Waals surface area contributed by atoms with E-state index in [2.05, 4.69) is 0 Å². The van der Waals surface area contributed by atoms with Gasteiger partial charge in [-0.05, 0) is 28.3 Å². The Bertz CT molecular complexity index is 996. The van der Waals surface area contributed by atoms with Crippen molar-refractivity contribution < 1.29 is 31.4 Å². The molecule has 138 valence electrons. The third-order valence-corrected chi connectivity index (χ3v) is 4.29. The number of halogens is 6. The molecule has 0 saturated carbocycles. The first-order valence-electron chi connectivity index (χ1n) is 7.24. The Balaban J connectivity index is 2.39. The van der Waals surface area contributed by atoms with E-state index in [9.17, 15) is 31.4 Å². The fourth-order valence-corrected chi connectivity index (χ4v) is 2.96. The zero-order valence-corrected chi connectivity index (χ0v) is 12.9.